The topological polar surface area (TPSA) is 74.6 Å². The van der Waals surface area contributed by atoms with Gasteiger partial charge in [0.25, 0.3) is 5.91 Å². The van der Waals surface area contributed by atoms with Crippen LogP contribution in [-0.4, -0.2) is 23.4 Å². The Labute approximate surface area is 167 Å². The highest BCUT2D eigenvalue weighted by Gasteiger charge is 2.24. The highest BCUT2D eigenvalue weighted by atomic mass is 32.1. The fourth-order valence-corrected chi connectivity index (χ4v) is 4.23. The van der Waals surface area contributed by atoms with Crippen molar-refractivity contribution in [2.24, 2.45) is 0 Å². The molecule has 0 saturated heterocycles. The van der Waals surface area contributed by atoms with Crippen molar-refractivity contribution < 1.29 is 14.0 Å². The van der Waals surface area contributed by atoms with E-state index in [1.165, 1.54) is 10.4 Å². The van der Waals surface area contributed by atoms with Crippen molar-refractivity contribution in [3.05, 3.63) is 75.4 Å². The number of hydrogen-bond acceptors (Lipinski definition) is 4. The minimum Gasteiger partial charge on any atom is -0.472 e. The Balaban J connectivity index is 1.44. The number of thiophene rings is 1. The van der Waals surface area contributed by atoms with E-state index in [4.69, 9.17) is 4.42 Å². The molecule has 2 aromatic heterocycles. The van der Waals surface area contributed by atoms with Crippen LogP contribution in [0.2, 0.25) is 0 Å². The van der Waals surface area contributed by atoms with E-state index < -0.39 is 0 Å². The Morgan fingerprint density at radius 3 is 2.96 bits per heavy atom. The number of nitrogens with one attached hydrogen (secondary N) is 2. The molecule has 3 heterocycles. The number of amides is 3. The molecule has 28 heavy (non-hydrogen) atoms. The molecule has 0 bridgehead atoms. The van der Waals surface area contributed by atoms with E-state index in [1.54, 1.807) is 42.1 Å². The molecule has 1 aliphatic rings. The first-order chi connectivity index (χ1) is 13.6. The second kappa shape index (κ2) is 7.90. The van der Waals surface area contributed by atoms with Gasteiger partial charge in [-0.25, -0.2) is 4.79 Å². The highest BCUT2D eigenvalue weighted by molar-refractivity contribution is 7.10. The van der Waals surface area contributed by atoms with Crippen LogP contribution in [0, 0.1) is 6.92 Å². The van der Waals surface area contributed by atoms with Crippen LogP contribution in [0.15, 0.2) is 52.7 Å². The Morgan fingerprint density at radius 2 is 2.14 bits per heavy atom. The number of fused-ring (bicyclic) bond motifs is 1. The van der Waals surface area contributed by atoms with Gasteiger partial charge in [0.1, 0.15) is 0 Å². The lowest BCUT2D eigenvalue weighted by Crippen LogP contribution is -2.36. The standard InChI is InChI=1S/C21H21N3O3S/c1-14-17(20(25)24-8-5-19-16(12-24)7-10-28-19)3-2-4-18(14)23-21(26)22-11-15-6-9-27-13-15/h2-4,6-7,9-10,13H,5,8,11-12H2,1H3,(H2,22,23,26). The van der Waals surface area contributed by atoms with Gasteiger partial charge < -0.3 is 20.0 Å². The molecule has 2 N–H and O–H groups in total. The van der Waals surface area contributed by atoms with Gasteiger partial charge >= 0.3 is 6.03 Å². The van der Waals surface area contributed by atoms with E-state index in [-0.39, 0.29) is 11.9 Å². The van der Waals surface area contributed by atoms with Gasteiger partial charge in [0.15, 0.2) is 0 Å². The van der Waals surface area contributed by atoms with Crippen molar-refractivity contribution in [2.45, 2.75) is 26.4 Å². The van der Waals surface area contributed by atoms with Crippen LogP contribution < -0.4 is 10.6 Å². The number of carbonyl (C=O) groups is 2. The second-order valence-corrected chi connectivity index (χ2v) is 7.76. The first-order valence-corrected chi connectivity index (χ1v) is 10.00. The number of furan rings is 1. The van der Waals surface area contributed by atoms with Gasteiger partial charge in [-0.2, -0.15) is 0 Å². The van der Waals surface area contributed by atoms with E-state index in [1.807, 2.05) is 17.9 Å². The molecule has 1 aromatic carbocycles. The van der Waals surface area contributed by atoms with Gasteiger partial charge in [0.05, 0.1) is 12.5 Å². The molecule has 7 heteroatoms. The molecular weight excluding hydrogens is 374 g/mol. The van der Waals surface area contributed by atoms with Crippen LogP contribution in [0.3, 0.4) is 0 Å². The molecule has 144 valence electrons. The van der Waals surface area contributed by atoms with Gasteiger partial charge in [-0.1, -0.05) is 6.07 Å². The molecule has 0 aliphatic carbocycles. The zero-order chi connectivity index (χ0) is 19.5. The summed E-state index contributed by atoms with van der Waals surface area (Å²) < 4.78 is 4.99. The Hall–Kier alpha value is -3.06. The summed E-state index contributed by atoms with van der Waals surface area (Å²) >= 11 is 1.75. The van der Waals surface area contributed by atoms with Gasteiger partial charge in [0.2, 0.25) is 0 Å². The van der Waals surface area contributed by atoms with Crippen molar-refractivity contribution in [3.8, 4) is 0 Å². The van der Waals surface area contributed by atoms with Crippen molar-refractivity contribution in [1.29, 1.82) is 0 Å². The molecule has 0 atom stereocenters. The molecule has 0 unspecified atom stereocenters. The van der Waals surface area contributed by atoms with Gasteiger partial charge in [-0.3, -0.25) is 4.79 Å². The first kappa shape index (κ1) is 18.3. The summed E-state index contributed by atoms with van der Waals surface area (Å²) in [5.74, 6) is -0.00296. The minimum atomic E-state index is -0.324. The van der Waals surface area contributed by atoms with E-state index in [9.17, 15) is 9.59 Å². The summed E-state index contributed by atoms with van der Waals surface area (Å²) in [6.07, 6.45) is 4.04. The molecule has 0 spiro atoms. The molecule has 0 saturated carbocycles. The fourth-order valence-electron chi connectivity index (χ4n) is 3.34. The zero-order valence-electron chi connectivity index (χ0n) is 15.5. The summed E-state index contributed by atoms with van der Waals surface area (Å²) in [7, 11) is 0. The third-order valence-electron chi connectivity index (χ3n) is 4.94. The maximum absolute atomic E-state index is 13.1. The highest BCUT2D eigenvalue weighted by Crippen LogP contribution is 2.27. The van der Waals surface area contributed by atoms with Crippen LogP contribution in [0.5, 0.6) is 0 Å². The van der Waals surface area contributed by atoms with E-state index in [0.29, 0.717) is 30.9 Å². The number of rotatable bonds is 4. The number of hydrogen-bond donors (Lipinski definition) is 2. The maximum atomic E-state index is 13.1. The van der Waals surface area contributed by atoms with Gasteiger partial charge in [-0.15, -0.1) is 11.3 Å². The Morgan fingerprint density at radius 1 is 1.25 bits per heavy atom. The zero-order valence-corrected chi connectivity index (χ0v) is 16.3. The average molecular weight is 395 g/mol. The molecule has 1 aliphatic heterocycles. The second-order valence-electron chi connectivity index (χ2n) is 6.76. The predicted octanol–water partition coefficient (Wildman–Crippen LogP) is 4.17. The molecular formula is C21H21N3O3S. The maximum Gasteiger partial charge on any atom is 0.319 e. The van der Waals surface area contributed by atoms with E-state index in [2.05, 4.69) is 22.1 Å². The lowest BCUT2D eigenvalue weighted by atomic mass is 10.0. The Kier molecular flexibility index (Phi) is 5.16. The summed E-state index contributed by atoms with van der Waals surface area (Å²) in [4.78, 5) is 28.5. The summed E-state index contributed by atoms with van der Waals surface area (Å²) in [5, 5.41) is 7.69. The lowest BCUT2D eigenvalue weighted by molar-refractivity contribution is 0.0735. The van der Waals surface area contributed by atoms with Crippen molar-refractivity contribution in [3.63, 3.8) is 0 Å². The van der Waals surface area contributed by atoms with Crippen molar-refractivity contribution >= 4 is 29.0 Å². The van der Waals surface area contributed by atoms with Crippen LogP contribution in [0.1, 0.15) is 31.9 Å². The smallest absolute Gasteiger partial charge is 0.319 e. The third kappa shape index (κ3) is 3.80. The predicted molar refractivity (Wildman–Crippen MR) is 109 cm³/mol. The minimum absolute atomic E-state index is 0.00296. The van der Waals surface area contributed by atoms with Crippen LogP contribution in [0.4, 0.5) is 10.5 Å². The Bertz CT molecular complexity index is 994. The van der Waals surface area contributed by atoms with Crippen LogP contribution in [-0.2, 0) is 19.5 Å². The summed E-state index contributed by atoms with van der Waals surface area (Å²) in [6.45, 7) is 3.59. The van der Waals surface area contributed by atoms with Gasteiger partial charge in [-0.05, 0) is 54.1 Å². The van der Waals surface area contributed by atoms with Crippen LogP contribution >= 0.6 is 11.3 Å². The van der Waals surface area contributed by atoms with Crippen molar-refractivity contribution in [1.82, 2.24) is 10.2 Å². The average Bonchev–Trinajstić information content (AvgIpc) is 3.38. The molecule has 0 fully saturated rings. The third-order valence-corrected chi connectivity index (χ3v) is 5.96. The number of carbonyl (C=O) groups excluding carboxylic acids is 2. The molecule has 4 rings (SSSR count). The number of anilines is 1. The molecule has 0 radical (unpaired) electrons. The quantitative estimate of drug-likeness (QED) is 0.696. The normalized spacial score (nSPS) is 13.1. The van der Waals surface area contributed by atoms with E-state index in [0.717, 1.165) is 17.5 Å². The fraction of sp³-hybridized carbons (Fsp3) is 0.238. The summed E-state index contributed by atoms with van der Waals surface area (Å²) in [5.41, 5.74) is 4.13. The SMILES string of the molecule is Cc1c(NC(=O)NCc2ccoc2)cccc1C(=O)N1CCc2sccc2C1. The van der Waals surface area contributed by atoms with E-state index >= 15 is 0 Å². The van der Waals surface area contributed by atoms with Crippen LogP contribution in [0.25, 0.3) is 0 Å². The largest absolute Gasteiger partial charge is 0.472 e. The number of urea groups is 1. The van der Waals surface area contributed by atoms with Crippen molar-refractivity contribution in [2.75, 3.05) is 11.9 Å². The monoisotopic (exact) mass is 395 g/mol. The molecule has 3 aromatic rings. The number of nitrogens with zero attached hydrogens (tertiary/aromatic N) is 1. The summed E-state index contributed by atoms with van der Waals surface area (Å²) in [6, 6.07) is 8.98. The molecule has 6 nitrogen and oxygen atoms in total. The number of benzene rings is 1. The molecule has 3 amide bonds. The van der Waals surface area contributed by atoms with Gasteiger partial charge in [0, 0.05) is 41.3 Å². The lowest BCUT2D eigenvalue weighted by Gasteiger charge is -2.28. The first-order valence-electron chi connectivity index (χ1n) is 9.12.